The van der Waals surface area contributed by atoms with Gasteiger partial charge in [0.25, 0.3) is 0 Å². The van der Waals surface area contributed by atoms with E-state index in [0.29, 0.717) is 19.3 Å². The van der Waals surface area contributed by atoms with Gasteiger partial charge in [-0.15, -0.1) is 0 Å². The van der Waals surface area contributed by atoms with E-state index in [-0.39, 0.29) is 17.9 Å². The number of hydrogen-bond donors (Lipinski definition) is 1. The smallest absolute Gasteiger partial charge is 0.229 e. The van der Waals surface area contributed by atoms with Gasteiger partial charge in [0, 0.05) is 26.2 Å². The molecule has 104 valence electrons. The Morgan fingerprint density at radius 3 is 2.72 bits per heavy atom. The maximum absolute atomic E-state index is 12.4. The summed E-state index contributed by atoms with van der Waals surface area (Å²) in [5.74, 6) is 0.233. The van der Waals surface area contributed by atoms with Gasteiger partial charge in [-0.25, -0.2) is 0 Å². The van der Waals surface area contributed by atoms with E-state index >= 15 is 0 Å². The van der Waals surface area contributed by atoms with Crippen molar-refractivity contribution in [2.45, 2.75) is 31.9 Å². The van der Waals surface area contributed by atoms with Crippen molar-refractivity contribution in [1.82, 2.24) is 10.2 Å². The molecular weight excluding hydrogens is 232 g/mol. The topological polar surface area (TPSA) is 50.8 Å². The van der Waals surface area contributed by atoms with E-state index in [2.05, 4.69) is 12.2 Å². The number of likely N-dealkylation sites (tertiary alicyclic amines) is 1. The van der Waals surface area contributed by atoms with Crippen LogP contribution in [0.4, 0.5) is 0 Å². The van der Waals surface area contributed by atoms with Crippen molar-refractivity contribution in [3.05, 3.63) is 0 Å². The van der Waals surface area contributed by atoms with Gasteiger partial charge in [0.1, 0.15) is 0 Å². The molecule has 1 amide bonds. The summed E-state index contributed by atoms with van der Waals surface area (Å²) in [6.45, 7) is 5.77. The van der Waals surface area contributed by atoms with Crippen molar-refractivity contribution in [3.8, 4) is 0 Å². The maximum Gasteiger partial charge on any atom is 0.229 e. The summed E-state index contributed by atoms with van der Waals surface area (Å²) in [4.78, 5) is 14.4. The molecule has 1 N–H and O–H groups in total. The van der Waals surface area contributed by atoms with Crippen LogP contribution < -0.4 is 5.32 Å². The number of nitrogens with one attached hydrogen (secondary N) is 1. The summed E-state index contributed by atoms with van der Waals surface area (Å²) < 4.78 is 10.8. The molecule has 2 aliphatic rings. The van der Waals surface area contributed by atoms with E-state index in [0.717, 1.165) is 32.5 Å². The molecule has 2 rings (SSSR count). The third-order valence-corrected chi connectivity index (χ3v) is 3.95. The third-order valence-electron chi connectivity index (χ3n) is 3.95. The van der Waals surface area contributed by atoms with E-state index in [4.69, 9.17) is 9.47 Å². The molecule has 2 saturated heterocycles. The Kier molecular flexibility index (Phi) is 4.97. The number of methoxy groups -OCH3 is 1. The predicted molar refractivity (Wildman–Crippen MR) is 68.4 cm³/mol. The van der Waals surface area contributed by atoms with Gasteiger partial charge in [-0.2, -0.15) is 0 Å². The zero-order chi connectivity index (χ0) is 13.0. The van der Waals surface area contributed by atoms with Crippen molar-refractivity contribution in [1.29, 1.82) is 0 Å². The minimum atomic E-state index is -0.0101. The summed E-state index contributed by atoms with van der Waals surface area (Å²) in [5, 5.41) is 3.34. The van der Waals surface area contributed by atoms with Gasteiger partial charge in [0.05, 0.1) is 25.2 Å². The second-order valence-corrected chi connectivity index (χ2v) is 5.07. The van der Waals surface area contributed by atoms with E-state index < -0.39 is 0 Å². The normalized spacial score (nSPS) is 29.8. The van der Waals surface area contributed by atoms with Crippen LogP contribution in [-0.2, 0) is 14.3 Å². The van der Waals surface area contributed by atoms with Gasteiger partial charge in [-0.1, -0.05) is 6.92 Å². The molecule has 5 nitrogen and oxygen atoms in total. The van der Waals surface area contributed by atoms with Gasteiger partial charge in [-0.05, 0) is 19.4 Å². The lowest BCUT2D eigenvalue weighted by Crippen LogP contribution is -2.48. The quantitative estimate of drug-likeness (QED) is 0.783. The summed E-state index contributed by atoms with van der Waals surface area (Å²) in [6, 6.07) is 0.183. The second-order valence-electron chi connectivity index (χ2n) is 5.07. The molecule has 0 aromatic rings. The number of ether oxygens (including phenoxy) is 2. The highest BCUT2D eigenvalue weighted by Gasteiger charge is 2.37. The van der Waals surface area contributed by atoms with Crippen molar-refractivity contribution >= 4 is 5.91 Å². The average molecular weight is 256 g/mol. The molecule has 2 atom stereocenters. The Bertz CT molecular complexity index is 277. The van der Waals surface area contributed by atoms with Crippen LogP contribution >= 0.6 is 0 Å². The Morgan fingerprint density at radius 2 is 2.11 bits per heavy atom. The number of likely N-dealkylation sites (N-methyl/N-ethyl adjacent to an activating group) is 1. The van der Waals surface area contributed by atoms with Crippen molar-refractivity contribution < 1.29 is 14.3 Å². The van der Waals surface area contributed by atoms with Gasteiger partial charge in [0.15, 0.2) is 0 Å². The first kappa shape index (κ1) is 13.8. The number of amides is 1. The van der Waals surface area contributed by atoms with Crippen LogP contribution in [-0.4, -0.2) is 62.9 Å². The number of carbonyl (C=O) groups excluding carboxylic acids is 1. The lowest BCUT2D eigenvalue weighted by molar-refractivity contribution is -0.138. The van der Waals surface area contributed by atoms with Crippen LogP contribution in [0.3, 0.4) is 0 Å². The third kappa shape index (κ3) is 3.02. The highest BCUT2D eigenvalue weighted by atomic mass is 16.5. The number of carbonyl (C=O) groups is 1. The first-order valence-corrected chi connectivity index (χ1v) is 6.89. The molecule has 18 heavy (non-hydrogen) atoms. The maximum atomic E-state index is 12.4. The first-order chi connectivity index (χ1) is 8.76. The molecule has 2 heterocycles. The molecule has 0 aliphatic carbocycles. The van der Waals surface area contributed by atoms with E-state index in [1.807, 2.05) is 4.90 Å². The highest BCUT2D eigenvalue weighted by molar-refractivity contribution is 5.80. The molecule has 2 unspecified atom stereocenters. The van der Waals surface area contributed by atoms with Crippen LogP contribution in [0.5, 0.6) is 0 Å². The van der Waals surface area contributed by atoms with E-state index in [9.17, 15) is 4.79 Å². The minimum absolute atomic E-state index is 0.0101. The van der Waals surface area contributed by atoms with Crippen LogP contribution in [0.2, 0.25) is 0 Å². The molecular formula is C13H24N2O3. The molecule has 5 heteroatoms. The lowest BCUT2D eigenvalue weighted by atomic mass is 9.99. The monoisotopic (exact) mass is 256 g/mol. The van der Waals surface area contributed by atoms with Gasteiger partial charge in [0.2, 0.25) is 5.91 Å². The standard InChI is InChI=1S/C13H24N2O3/c1-3-14-12-9-18-8-11(12)13(16)15-6-4-10(17-2)5-7-15/h10-12,14H,3-9H2,1-2H3. The molecule has 2 aliphatic heterocycles. The van der Waals surface area contributed by atoms with Crippen molar-refractivity contribution in [2.24, 2.45) is 5.92 Å². The number of nitrogens with zero attached hydrogens (tertiary/aromatic N) is 1. The van der Waals surface area contributed by atoms with Crippen molar-refractivity contribution in [2.75, 3.05) is 40.0 Å². The van der Waals surface area contributed by atoms with Gasteiger partial charge >= 0.3 is 0 Å². The molecule has 0 bridgehead atoms. The molecule has 0 aromatic carbocycles. The summed E-state index contributed by atoms with van der Waals surface area (Å²) in [7, 11) is 1.74. The van der Waals surface area contributed by atoms with Crippen LogP contribution in [0.1, 0.15) is 19.8 Å². The van der Waals surface area contributed by atoms with E-state index in [1.165, 1.54) is 0 Å². The summed E-state index contributed by atoms with van der Waals surface area (Å²) in [6.07, 6.45) is 2.21. The van der Waals surface area contributed by atoms with Gasteiger partial charge < -0.3 is 19.7 Å². The van der Waals surface area contributed by atoms with Crippen LogP contribution in [0.15, 0.2) is 0 Å². The summed E-state index contributed by atoms with van der Waals surface area (Å²) >= 11 is 0. The Hall–Kier alpha value is -0.650. The average Bonchev–Trinajstić information content (AvgIpc) is 2.87. The lowest BCUT2D eigenvalue weighted by Gasteiger charge is -2.33. The second kappa shape index (κ2) is 6.50. The zero-order valence-electron chi connectivity index (χ0n) is 11.4. The SMILES string of the molecule is CCNC1COCC1C(=O)N1CCC(OC)CC1. The van der Waals surface area contributed by atoms with Gasteiger partial charge in [-0.3, -0.25) is 4.79 Å². The van der Waals surface area contributed by atoms with Crippen LogP contribution in [0, 0.1) is 5.92 Å². The minimum Gasteiger partial charge on any atom is -0.381 e. The number of hydrogen-bond acceptors (Lipinski definition) is 4. The zero-order valence-corrected chi connectivity index (χ0v) is 11.4. The fraction of sp³-hybridized carbons (Fsp3) is 0.923. The Labute approximate surface area is 109 Å². The molecule has 0 saturated carbocycles. The Morgan fingerprint density at radius 1 is 1.39 bits per heavy atom. The predicted octanol–water partition coefficient (Wildman–Crippen LogP) is 0.248. The molecule has 0 aromatic heterocycles. The van der Waals surface area contributed by atoms with E-state index in [1.54, 1.807) is 7.11 Å². The fourth-order valence-electron chi connectivity index (χ4n) is 2.81. The molecule has 0 radical (unpaired) electrons. The molecule has 2 fully saturated rings. The fourth-order valence-corrected chi connectivity index (χ4v) is 2.81. The number of piperidine rings is 1. The first-order valence-electron chi connectivity index (χ1n) is 6.89. The van der Waals surface area contributed by atoms with Crippen molar-refractivity contribution in [3.63, 3.8) is 0 Å². The largest absolute Gasteiger partial charge is 0.381 e. The molecule has 0 spiro atoms. The summed E-state index contributed by atoms with van der Waals surface area (Å²) in [5.41, 5.74) is 0. The van der Waals surface area contributed by atoms with Crippen LogP contribution in [0.25, 0.3) is 0 Å². The Balaban J connectivity index is 1.87. The highest BCUT2D eigenvalue weighted by Crippen LogP contribution is 2.20. The number of rotatable bonds is 4.